The van der Waals surface area contributed by atoms with E-state index in [4.69, 9.17) is 0 Å². The predicted molar refractivity (Wildman–Crippen MR) is 124 cm³/mol. The number of carbonyl (C=O) groups is 1. The molecule has 4 aromatic rings. The molecule has 32 heavy (non-hydrogen) atoms. The minimum atomic E-state index is -0.212. The fraction of sp³-hybridized carbons (Fsp3) is 0.304. The van der Waals surface area contributed by atoms with Gasteiger partial charge in [0.05, 0.1) is 12.1 Å². The van der Waals surface area contributed by atoms with Gasteiger partial charge >= 0.3 is 0 Å². The molecule has 1 aliphatic rings. The van der Waals surface area contributed by atoms with Gasteiger partial charge in [0.2, 0.25) is 5.91 Å². The molecule has 0 atom stereocenters. The number of thiazole rings is 1. The second-order valence-corrected chi connectivity index (χ2v) is 9.22. The number of aromatic nitrogens is 4. The lowest BCUT2D eigenvalue weighted by Gasteiger charge is -2.25. The number of nitrogens with zero attached hydrogens (tertiary/aromatic N) is 4. The van der Waals surface area contributed by atoms with Gasteiger partial charge in [0, 0.05) is 53.9 Å². The third kappa shape index (κ3) is 4.09. The zero-order valence-corrected chi connectivity index (χ0v) is 18.8. The molecule has 1 amide bonds. The fourth-order valence-corrected chi connectivity index (χ4v) is 5.28. The van der Waals surface area contributed by atoms with Crippen molar-refractivity contribution in [1.29, 1.82) is 0 Å². The summed E-state index contributed by atoms with van der Waals surface area (Å²) in [7, 11) is 0. The monoisotopic (exact) mass is 448 g/mol. The van der Waals surface area contributed by atoms with Crippen LogP contribution < -0.4 is 10.9 Å². The van der Waals surface area contributed by atoms with Crippen LogP contribution in [0, 0.1) is 13.8 Å². The molecule has 0 spiro atoms. The van der Waals surface area contributed by atoms with Crippen LogP contribution in [0.3, 0.4) is 0 Å². The Bertz CT molecular complexity index is 1350. The molecule has 0 aliphatic carbocycles. The van der Waals surface area contributed by atoms with Crippen LogP contribution in [0.25, 0.3) is 5.65 Å². The second-order valence-electron chi connectivity index (χ2n) is 8.14. The molecule has 0 saturated heterocycles. The van der Waals surface area contributed by atoms with Crippen LogP contribution in [0.5, 0.6) is 0 Å². The van der Waals surface area contributed by atoms with Gasteiger partial charge in [-0.2, -0.15) is 0 Å². The number of fused-ring (bicyclic) bond motifs is 2. The highest BCUT2D eigenvalue weighted by molar-refractivity contribution is 7.15. The lowest BCUT2D eigenvalue weighted by molar-refractivity contribution is -0.115. The van der Waals surface area contributed by atoms with Gasteiger partial charge in [-0.3, -0.25) is 19.6 Å². The van der Waals surface area contributed by atoms with Gasteiger partial charge in [0.25, 0.3) is 5.56 Å². The molecule has 0 unspecified atom stereocenters. The van der Waals surface area contributed by atoms with Gasteiger partial charge in [-0.15, -0.1) is 11.3 Å². The van der Waals surface area contributed by atoms with Crippen LogP contribution in [-0.2, 0) is 30.7 Å². The molecule has 2 N–H and O–H groups in total. The number of amides is 1. The molecule has 0 bridgehead atoms. The van der Waals surface area contributed by atoms with Gasteiger partial charge in [-0.05, 0) is 19.4 Å². The number of carbonyl (C=O) groups excluding carboxylic acids is 1. The lowest BCUT2D eigenvalue weighted by atomic mass is 10.1. The smallest absolute Gasteiger partial charge is 0.266 e. The molecule has 1 aliphatic heterocycles. The number of hydrogen-bond donors (Lipinski definition) is 2. The maximum atomic E-state index is 12.8. The predicted octanol–water partition coefficient (Wildman–Crippen LogP) is 2.84. The molecule has 0 fully saturated rings. The molecule has 0 radical (unpaired) electrons. The lowest BCUT2D eigenvalue weighted by Crippen LogP contribution is -2.29. The summed E-state index contributed by atoms with van der Waals surface area (Å²) in [5, 5.41) is 6.32. The Morgan fingerprint density at radius 3 is 2.84 bits per heavy atom. The first-order valence-electron chi connectivity index (χ1n) is 10.6. The largest absolute Gasteiger partial charge is 0.302 e. The number of anilines is 1. The molecule has 8 nitrogen and oxygen atoms in total. The van der Waals surface area contributed by atoms with Crippen molar-refractivity contribution < 1.29 is 4.79 Å². The summed E-state index contributed by atoms with van der Waals surface area (Å²) in [6.45, 7) is 6.45. The first-order valence-corrected chi connectivity index (χ1v) is 11.4. The third-order valence-corrected chi connectivity index (χ3v) is 6.84. The first kappa shape index (κ1) is 20.6. The molecule has 4 heterocycles. The van der Waals surface area contributed by atoms with E-state index in [-0.39, 0.29) is 17.9 Å². The van der Waals surface area contributed by atoms with Gasteiger partial charge in [0.1, 0.15) is 0 Å². The van der Waals surface area contributed by atoms with E-state index in [9.17, 15) is 9.59 Å². The van der Waals surface area contributed by atoms with E-state index in [0.717, 1.165) is 48.7 Å². The third-order valence-electron chi connectivity index (χ3n) is 5.85. The maximum absolute atomic E-state index is 12.8. The number of aromatic amines is 1. The Balaban J connectivity index is 1.27. The van der Waals surface area contributed by atoms with Crippen LogP contribution in [0.2, 0.25) is 0 Å². The average Bonchev–Trinajstić information content (AvgIpc) is 3.33. The summed E-state index contributed by atoms with van der Waals surface area (Å²) in [5.41, 5.74) is 5.07. The first-order chi connectivity index (χ1) is 15.5. The molecular weight excluding hydrogens is 424 g/mol. The second kappa shape index (κ2) is 8.33. The Morgan fingerprint density at radius 2 is 2.03 bits per heavy atom. The van der Waals surface area contributed by atoms with Crippen LogP contribution >= 0.6 is 11.3 Å². The number of hydrogen-bond acceptors (Lipinski definition) is 6. The number of H-pyrrole nitrogens is 1. The van der Waals surface area contributed by atoms with Gasteiger partial charge < -0.3 is 5.32 Å². The van der Waals surface area contributed by atoms with E-state index in [1.165, 1.54) is 16.5 Å². The topological polar surface area (TPSA) is 95.4 Å². The number of benzene rings is 1. The standard InChI is InChI=1S/C23H24N6O2S/c1-14-17(15(2)29-20(24-14)11-22(31)27-29)10-21(30)26-23-25-18-8-9-28(13-19(18)32-23)12-16-6-4-3-5-7-16/h3-7,11H,8-10,12-13H2,1-2H3,(H,27,31)(H,25,26,30). The summed E-state index contributed by atoms with van der Waals surface area (Å²) >= 11 is 1.55. The van der Waals surface area contributed by atoms with Crippen LogP contribution in [-0.4, -0.2) is 36.9 Å². The number of nitrogens with one attached hydrogen (secondary N) is 2. The van der Waals surface area contributed by atoms with Crippen molar-refractivity contribution in [3.05, 3.63) is 79.8 Å². The van der Waals surface area contributed by atoms with E-state index in [1.807, 2.05) is 19.9 Å². The Hall–Kier alpha value is -3.30. The minimum Gasteiger partial charge on any atom is -0.302 e. The number of aryl methyl sites for hydroxylation is 2. The van der Waals surface area contributed by atoms with Gasteiger partial charge in [-0.25, -0.2) is 14.5 Å². The molecule has 9 heteroatoms. The Kier molecular flexibility index (Phi) is 5.36. The molecule has 5 rings (SSSR count). The van der Waals surface area contributed by atoms with Crippen molar-refractivity contribution in [3.63, 3.8) is 0 Å². The molecular formula is C23H24N6O2S. The van der Waals surface area contributed by atoms with E-state index in [1.54, 1.807) is 15.9 Å². The normalized spacial score (nSPS) is 13.9. The van der Waals surface area contributed by atoms with Gasteiger partial charge in [-0.1, -0.05) is 30.3 Å². The van der Waals surface area contributed by atoms with E-state index in [2.05, 4.69) is 49.5 Å². The van der Waals surface area contributed by atoms with Crippen molar-refractivity contribution >= 4 is 28.0 Å². The van der Waals surface area contributed by atoms with E-state index in [0.29, 0.717) is 10.8 Å². The highest BCUT2D eigenvalue weighted by Crippen LogP contribution is 2.29. The van der Waals surface area contributed by atoms with Crippen LogP contribution in [0.4, 0.5) is 5.13 Å². The van der Waals surface area contributed by atoms with Crippen molar-refractivity contribution in [1.82, 2.24) is 24.5 Å². The average molecular weight is 449 g/mol. The number of rotatable bonds is 5. The van der Waals surface area contributed by atoms with Crippen molar-refractivity contribution in [2.45, 2.75) is 39.8 Å². The SMILES string of the molecule is Cc1nc2cc(=O)[nH]n2c(C)c1CC(=O)Nc1nc2c(s1)CN(Cc1ccccc1)CC2. The fourth-order valence-electron chi connectivity index (χ4n) is 4.21. The van der Waals surface area contributed by atoms with E-state index < -0.39 is 0 Å². The molecule has 0 saturated carbocycles. The maximum Gasteiger partial charge on any atom is 0.266 e. The van der Waals surface area contributed by atoms with E-state index >= 15 is 0 Å². The minimum absolute atomic E-state index is 0.140. The zero-order chi connectivity index (χ0) is 22.2. The molecule has 1 aromatic carbocycles. The molecule has 3 aromatic heterocycles. The zero-order valence-electron chi connectivity index (χ0n) is 18.0. The van der Waals surface area contributed by atoms with Crippen LogP contribution in [0.15, 0.2) is 41.2 Å². The van der Waals surface area contributed by atoms with Crippen molar-refractivity contribution in [2.24, 2.45) is 0 Å². The quantitative estimate of drug-likeness (QED) is 0.490. The van der Waals surface area contributed by atoms with Crippen molar-refractivity contribution in [3.8, 4) is 0 Å². The highest BCUT2D eigenvalue weighted by atomic mass is 32.1. The Morgan fingerprint density at radius 1 is 1.22 bits per heavy atom. The summed E-state index contributed by atoms with van der Waals surface area (Å²) in [6, 6.07) is 11.9. The summed E-state index contributed by atoms with van der Waals surface area (Å²) in [6.07, 6.45) is 1.06. The summed E-state index contributed by atoms with van der Waals surface area (Å²) < 4.78 is 1.63. The van der Waals surface area contributed by atoms with Gasteiger partial charge in [0.15, 0.2) is 10.8 Å². The van der Waals surface area contributed by atoms with Crippen molar-refractivity contribution in [2.75, 3.05) is 11.9 Å². The van der Waals surface area contributed by atoms with Crippen LogP contribution in [0.1, 0.15) is 33.1 Å². The Labute approximate surface area is 188 Å². The highest BCUT2D eigenvalue weighted by Gasteiger charge is 2.22. The summed E-state index contributed by atoms with van der Waals surface area (Å²) in [4.78, 5) is 37.2. The summed E-state index contributed by atoms with van der Waals surface area (Å²) in [5.74, 6) is -0.140. The molecule has 164 valence electrons.